The highest BCUT2D eigenvalue weighted by Gasteiger charge is 2.10. The molecule has 0 radical (unpaired) electrons. The van der Waals surface area contributed by atoms with Crippen molar-refractivity contribution in [3.8, 4) is 44.8 Å². The van der Waals surface area contributed by atoms with Crippen molar-refractivity contribution in [3.63, 3.8) is 0 Å². The molecule has 0 unspecified atom stereocenters. The van der Waals surface area contributed by atoms with Gasteiger partial charge in [-0.2, -0.15) is 0 Å². The molecule has 0 atom stereocenters. The number of benzene rings is 5. The minimum absolute atomic E-state index is 1.00. The molecule has 0 fully saturated rings. The number of aromatic nitrogens is 1. The molecule has 236 valence electrons. The Morgan fingerprint density at radius 1 is 0.447 bits per heavy atom. The minimum atomic E-state index is 1.00. The Bertz CT molecular complexity index is 1840. The van der Waals surface area contributed by atoms with Crippen LogP contribution in [0.4, 0.5) is 0 Å². The lowest BCUT2D eigenvalue weighted by Gasteiger charge is -2.12. The van der Waals surface area contributed by atoms with Crippen molar-refractivity contribution >= 4 is 5.57 Å². The van der Waals surface area contributed by atoms with Gasteiger partial charge in [-0.1, -0.05) is 152 Å². The average Bonchev–Trinajstić information content (AvgIpc) is 3.12. The van der Waals surface area contributed by atoms with Gasteiger partial charge in [0.25, 0.3) is 0 Å². The Balaban J connectivity index is 0.000000211. The van der Waals surface area contributed by atoms with E-state index in [1.54, 1.807) is 0 Å². The van der Waals surface area contributed by atoms with Gasteiger partial charge in [0.15, 0.2) is 0 Å². The van der Waals surface area contributed by atoms with Crippen LogP contribution < -0.4 is 0 Å². The van der Waals surface area contributed by atoms with E-state index in [0.717, 1.165) is 22.5 Å². The normalized spacial score (nSPS) is 10.9. The summed E-state index contributed by atoms with van der Waals surface area (Å²) >= 11 is 0. The van der Waals surface area contributed by atoms with E-state index in [9.17, 15) is 0 Å². The summed E-state index contributed by atoms with van der Waals surface area (Å²) in [7, 11) is 0. The molecule has 0 aliphatic heterocycles. The molecule has 1 heteroatoms. The standard InChI is InChI=1S/C25H25N.C19H16.C2H6/c1-5-10-20(6-2)22-16-24(21-11-8-7-9-12-21)26-25(17-22)23-14-18(3)13-19(4)15-23;1-15-12-18(16-8-4-2-5-9-16)14-19(13-15)17-10-6-3-7-11-17;1-2/h5-17H,1-4H3;2-14H,1H3;1-2H3/b10-5-,20-6+;;. The van der Waals surface area contributed by atoms with E-state index in [4.69, 9.17) is 4.98 Å². The van der Waals surface area contributed by atoms with Crippen molar-refractivity contribution in [2.24, 2.45) is 0 Å². The highest BCUT2D eigenvalue weighted by Crippen LogP contribution is 2.30. The second-order valence-corrected chi connectivity index (χ2v) is 11.4. The van der Waals surface area contributed by atoms with E-state index >= 15 is 0 Å². The van der Waals surface area contributed by atoms with Gasteiger partial charge in [0.2, 0.25) is 0 Å². The Labute approximate surface area is 283 Å². The largest absolute Gasteiger partial charge is 0.248 e. The van der Waals surface area contributed by atoms with Gasteiger partial charge in [0.05, 0.1) is 11.4 Å². The number of rotatable bonds is 6. The zero-order valence-corrected chi connectivity index (χ0v) is 29.0. The van der Waals surface area contributed by atoms with Gasteiger partial charge < -0.3 is 0 Å². The van der Waals surface area contributed by atoms with Crippen molar-refractivity contribution in [2.75, 3.05) is 0 Å². The fraction of sp³-hybridized carbons (Fsp3) is 0.152. The third-order valence-corrected chi connectivity index (χ3v) is 7.69. The van der Waals surface area contributed by atoms with Crippen molar-refractivity contribution in [1.82, 2.24) is 4.98 Å². The van der Waals surface area contributed by atoms with E-state index in [2.05, 4.69) is 179 Å². The first-order valence-corrected chi connectivity index (χ1v) is 16.6. The molecule has 0 saturated carbocycles. The molecule has 6 rings (SSSR count). The van der Waals surface area contributed by atoms with E-state index in [-0.39, 0.29) is 0 Å². The van der Waals surface area contributed by atoms with Crippen LogP contribution in [0.15, 0.2) is 158 Å². The Morgan fingerprint density at radius 3 is 1.30 bits per heavy atom. The van der Waals surface area contributed by atoms with Crippen LogP contribution in [0.2, 0.25) is 0 Å². The molecule has 0 spiro atoms. The molecule has 1 aromatic heterocycles. The van der Waals surface area contributed by atoms with Gasteiger partial charge in [0.1, 0.15) is 0 Å². The Morgan fingerprint density at radius 2 is 0.851 bits per heavy atom. The summed E-state index contributed by atoms with van der Waals surface area (Å²) in [5, 5.41) is 0. The number of hydrogen-bond acceptors (Lipinski definition) is 1. The molecule has 0 saturated heterocycles. The molecule has 0 aliphatic carbocycles. The fourth-order valence-corrected chi connectivity index (χ4v) is 5.64. The van der Waals surface area contributed by atoms with Crippen LogP contribution in [-0.4, -0.2) is 4.98 Å². The lowest BCUT2D eigenvalue weighted by Crippen LogP contribution is -1.93. The molecular weight excluding hydrogens is 567 g/mol. The Hall–Kier alpha value is -5.27. The van der Waals surface area contributed by atoms with Crippen molar-refractivity contribution in [3.05, 3.63) is 180 Å². The summed E-state index contributed by atoms with van der Waals surface area (Å²) in [5.41, 5.74) is 15.6. The molecule has 47 heavy (non-hydrogen) atoms. The number of pyridine rings is 1. The maximum absolute atomic E-state index is 4.98. The van der Waals surface area contributed by atoms with Crippen LogP contribution in [0, 0.1) is 20.8 Å². The third kappa shape index (κ3) is 9.61. The molecule has 6 aromatic rings. The molecule has 5 aromatic carbocycles. The monoisotopic (exact) mass is 613 g/mol. The van der Waals surface area contributed by atoms with Crippen LogP contribution in [0.1, 0.15) is 49.9 Å². The van der Waals surface area contributed by atoms with Crippen LogP contribution in [0.25, 0.3) is 50.3 Å². The summed E-state index contributed by atoms with van der Waals surface area (Å²) in [4.78, 5) is 4.98. The number of nitrogens with zero attached hydrogens (tertiary/aromatic N) is 1. The molecule has 0 aliphatic rings. The van der Waals surface area contributed by atoms with Gasteiger partial charge in [-0.05, 0) is 104 Å². The van der Waals surface area contributed by atoms with E-state index < -0.39 is 0 Å². The van der Waals surface area contributed by atoms with Gasteiger partial charge >= 0.3 is 0 Å². The number of allylic oxidation sites excluding steroid dienone is 4. The van der Waals surface area contributed by atoms with Crippen LogP contribution in [0.3, 0.4) is 0 Å². The average molecular weight is 614 g/mol. The van der Waals surface area contributed by atoms with Crippen molar-refractivity contribution in [2.45, 2.75) is 48.5 Å². The first-order chi connectivity index (χ1) is 22.9. The predicted molar refractivity (Wildman–Crippen MR) is 206 cm³/mol. The molecule has 1 nitrogen and oxygen atoms in total. The van der Waals surface area contributed by atoms with Crippen LogP contribution in [-0.2, 0) is 0 Å². The first kappa shape index (κ1) is 34.6. The maximum atomic E-state index is 4.98. The Kier molecular flexibility index (Phi) is 12.8. The van der Waals surface area contributed by atoms with Crippen molar-refractivity contribution < 1.29 is 0 Å². The number of aryl methyl sites for hydroxylation is 3. The predicted octanol–water partition coefficient (Wildman–Crippen LogP) is 13.4. The molecule has 0 amide bonds. The van der Waals surface area contributed by atoms with Gasteiger partial charge in [0, 0.05) is 11.1 Å². The number of hydrogen-bond donors (Lipinski definition) is 0. The van der Waals surface area contributed by atoms with E-state index in [0.29, 0.717) is 0 Å². The zero-order valence-electron chi connectivity index (χ0n) is 29.0. The summed E-state index contributed by atoms with van der Waals surface area (Å²) in [6, 6.07) is 49.2. The second-order valence-electron chi connectivity index (χ2n) is 11.4. The maximum Gasteiger partial charge on any atom is 0.0715 e. The summed E-state index contributed by atoms with van der Waals surface area (Å²) in [6.45, 7) is 14.5. The molecule has 0 N–H and O–H groups in total. The van der Waals surface area contributed by atoms with Gasteiger partial charge in [-0.15, -0.1) is 0 Å². The van der Waals surface area contributed by atoms with Crippen LogP contribution in [0.5, 0.6) is 0 Å². The zero-order chi connectivity index (χ0) is 33.6. The van der Waals surface area contributed by atoms with Crippen LogP contribution >= 0.6 is 0 Å². The summed E-state index contributed by atoms with van der Waals surface area (Å²) < 4.78 is 0. The molecule has 1 heterocycles. The van der Waals surface area contributed by atoms with E-state index in [1.807, 2.05) is 26.8 Å². The summed E-state index contributed by atoms with van der Waals surface area (Å²) in [5.74, 6) is 0. The summed E-state index contributed by atoms with van der Waals surface area (Å²) in [6.07, 6.45) is 6.37. The quantitative estimate of drug-likeness (QED) is 0.170. The SMILES string of the molecule is C/C=C\C(=C/C)c1cc(-c2ccccc2)nc(-c2cc(C)cc(C)c2)c1.CC.Cc1cc(-c2ccccc2)cc(-c2ccccc2)c1. The third-order valence-electron chi connectivity index (χ3n) is 7.69. The van der Waals surface area contributed by atoms with Gasteiger partial charge in [-0.25, -0.2) is 4.98 Å². The lowest BCUT2D eigenvalue weighted by molar-refractivity contribution is 1.29. The highest BCUT2D eigenvalue weighted by molar-refractivity contribution is 5.80. The molecule has 0 bridgehead atoms. The smallest absolute Gasteiger partial charge is 0.0715 e. The highest BCUT2D eigenvalue weighted by atomic mass is 14.7. The topological polar surface area (TPSA) is 12.9 Å². The lowest BCUT2D eigenvalue weighted by atomic mass is 9.97. The van der Waals surface area contributed by atoms with Gasteiger partial charge in [-0.3, -0.25) is 0 Å². The fourth-order valence-electron chi connectivity index (χ4n) is 5.64. The minimum Gasteiger partial charge on any atom is -0.248 e. The van der Waals surface area contributed by atoms with E-state index in [1.165, 1.54) is 50.1 Å². The molecular formula is C46H47N. The van der Waals surface area contributed by atoms with Crippen molar-refractivity contribution in [1.29, 1.82) is 0 Å². The second kappa shape index (κ2) is 17.4. The first-order valence-electron chi connectivity index (χ1n) is 16.6.